The lowest BCUT2D eigenvalue weighted by atomic mass is 10.2. The van der Waals surface area contributed by atoms with Gasteiger partial charge in [0.25, 0.3) is 0 Å². The van der Waals surface area contributed by atoms with Crippen molar-refractivity contribution in [2.24, 2.45) is 5.73 Å². The molecular formula is C9H21N3O2S. The molecular weight excluding hydrogens is 214 g/mol. The molecule has 1 rings (SSSR count). The highest BCUT2D eigenvalue weighted by Gasteiger charge is 2.22. The fourth-order valence-electron chi connectivity index (χ4n) is 1.76. The number of piperazine rings is 1. The van der Waals surface area contributed by atoms with Crippen LogP contribution in [0, 0.1) is 0 Å². The van der Waals surface area contributed by atoms with Gasteiger partial charge >= 0.3 is 0 Å². The summed E-state index contributed by atoms with van der Waals surface area (Å²) in [7, 11) is -2.99. The molecule has 5 nitrogen and oxygen atoms in total. The maximum Gasteiger partial charge on any atom is 0.211 e. The largest absolute Gasteiger partial charge is 0.330 e. The zero-order valence-electron chi connectivity index (χ0n) is 9.35. The molecule has 0 saturated carbocycles. The highest BCUT2D eigenvalue weighted by molar-refractivity contribution is 7.88. The van der Waals surface area contributed by atoms with Crippen LogP contribution in [0.15, 0.2) is 0 Å². The van der Waals surface area contributed by atoms with Gasteiger partial charge in [0.1, 0.15) is 0 Å². The summed E-state index contributed by atoms with van der Waals surface area (Å²) in [5.74, 6) is 0. The van der Waals surface area contributed by atoms with Crippen molar-refractivity contribution in [1.29, 1.82) is 0 Å². The van der Waals surface area contributed by atoms with E-state index < -0.39 is 10.0 Å². The number of unbranched alkanes of at least 4 members (excludes halogenated alkanes) is 1. The summed E-state index contributed by atoms with van der Waals surface area (Å²) >= 11 is 0. The normalized spacial score (nSPS) is 20.7. The standard InChI is InChI=1S/C9H21N3O2S/c1-15(13,14)12-8-6-11(7-9-12)5-3-2-4-10/h2-10H2,1H3. The van der Waals surface area contributed by atoms with Crippen molar-refractivity contribution in [2.45, 2.75) is 12.8 Å². The van der Waals surface area contributed by atoms with E-state index in [4.69, 9.17) is 5.73 Å². The second kappa shape index (κ2) is 5.79. The third-order valence-corrected chi connectivity index (χ3v) is 4.03. The highest BCUT2D eigenvalue weighted by Crippen LogP contribution is 2.06. The Hall–Kier alpha value is -0.170. The van der Waals surface area contributed by atoms with E-state index in [1.165, 1.54) is 6.26 Å². The molecule has 1 aliphatic rings. The molecule has 0 aromatic rings. The van der Waals surface area contributed by atoms with Crippen LogP contribution in [0.2, 0.25) is 0 Å². The van der Waals surface area contributed by atoms with Crippen molar-refractivity contribution < 1.29 is 8.42 Å². The minimum absolute atomic E-state index is 0.626. The minimum atomic E-state index is -2.99. The van der Waals surface area contributed by atoms with Gasteiger partial charge in [-0.1, -0.05) is 0 Å². The first kappa shape index (κ1) is 12.9. The molecule has 6 heteroatoms. The Morgan fingerprint density at radius 1 is 1.13 bits per heavy atom. The van der Waals surface area contributed by atoms with Gasteiger partial charge in [-0.3, -0.25) is 0 Å². The van der Waals surface area contributed by atoms with Gasteiger partial charge in [-0.05, 0) is 25.9 Å². The summed E-state index contributed by atoms with van der Waals surface area (Å²) in [6, 6.07) is 0. The third-order valence-electron chi connectivity index (χ3n) is 2.73. The second-order valence-electron chi connectivity index (χ2n) is 4.00. The fourth-order valence-corrected chi connectivity index (χ4v) is 2.59. The van der Waals surface area contributed by atoms with Gasteiger partial charge in [-0.15, -0.1) is 0 Å². The second-order valence-corrected chi connectivity index (χ2v) is 5.98. The SMILES string of the molecule is CS(=O)(=O)N1CCN(CCCCN)CC1. The molecule has 15 heavy (non-hydrogen) atoms. The van der Waals surface area contributed by atoms with Crippen LogP contribution in [-0.4, -0.2) is 63.1 Å². The average Bonchev–Trinajstić information content (AvgIpc) is 2.18. The first-order chi connectivity index (χ1) is 7.04. The third kappa shape index (κ3) is 4.46. The molecule has 1 fully saturated rings. The first-order valence-corrected chi connectivity index (χ1v) is 7.26. The van der Waals surface area contributed by atoms with Crippen LogP contribution in [-0.2, 0) is 10.0 Å². The Kier molecular flexibility index (Phi) is 4.98. The molecule has 0 unspecified atom stereocenters. The molecule has 1 heterocycles. The van der Waals surface area contributed by atoms with Crippen molar-refractivity contribution in [3.05, 3.63) is 0 Å². The number of nitrogens with zero attached hydrogens (tertiary/aromatic N) is 2. The van der Waals surface area contributed by atoms with E-state index in [0.29, 0.717) is 13.1 Å². The quantitative estimate of drug-likeness (QED) is 0.640. The van der Waals surface area contributed by atoms with E-state index in [-0.39, 0.29) is 0 Å². The molecule has 1 aliphatic heterocycles. The Morgan fingerprint density at radius 2 is 1.73 bits per heavy atom. The Balaban J connectivity index is 2.24. The fraction of sp³-hybridized carbons (Fsp3) is 1.00. The van der Waals surface area contributed by atoms with E-state index in [1.54, 1.807) is 4.31 Å². The van der Waals surface area contributed by atoms with Crippen LogP contribution < -0.4 is 5.73 Å². The van der Waals surface area contributed by atoms with Gasteiger partial charge in [0, 0.05) is 26.2 Å². The van der Waals surface area contributed by atoms with E-state index in [1.807, 2.05) is 0 Å². The van der Waals surface area contributed by atoms with Crippen LogP contribution in [0.5, 0.6) is 0 Å². The number of nitrogens with two attached hydrogens (primary N) is 1. The van der Waals surface area contributed by atoms with Gasteiger partial charge in [-0.2, -0.15) is 4.31 Å². The molecule has 0 radical (unpaired) electrons. The van der Waals surface area contributed by atoms with E-state index >= 15 is 0 Å². The van der Waals surface area contributed by atoms with Gasteiger partial charge in [0.15, 0.2) is 0 Å². The van der Waals surface area contributed by atoms with Crippen LogP contribution >= 0.6 is 0 Å². The summed E-state index contributed by atoms with van der Waals surface area (Å²) in [4.78, 5) is 2.30. The first-order valence-electron chi connectivity index (χ1n) is 5.41. The monoisotopic (exact) mass is 235 g/mol. The molecule has 2 N–H and O–H groups in total. The summed E-state index contributed by atoms with van der Waals surface area (Å²) in [5.41, 5.74) is 5.42. The number of rotatable bonds is 5. The number of hydrogen-bond donors (Lipinski definition) is 1. The Morgan fingerprint density at radius 3 is 2.20 bits per heavy atom. The van der Waals surface area contributed by atoms with Crippen LogP contribution in [0.3, 0.4) is 0 Å². The molecule has 0 aromatic carbocycles. The number of hydrogen-bond acceptors (Lipinski definition) is 4. The van der Waals surface area contributed by atoms with Crippen LogP contribution in [0.1, 0.15) is 12.8 Å². The maximum absolute atomic E-state index is 11.2. The predicted molar refractivity (Wildman–Crippen MR) is 61.1 cm³/mol. The Bertz CT molecular complexity index is 271. The van der Waals surface area contributed by atoms with Gasteiger partial charge < -0.3 is 10.6 Å². The van der Waals surface area contributed by atoms with E-state index in [2.05, 4.69) is 4.90 Å². The van der Waals surface area contributed by atoms with Crippen molar-refractivity contribution in [2.75, 3.05) is 45.5 Å². The zero-order chi connectivity index (χ0) is 11.3. The average molecular weight is 235 g/mol. The molecule has 0 amide bonds. The topological polar surface area (TPSA) is 66.6 Å². The van der Waals surface area contributed by atoms with E-state index in [9.17, 15) is 8.42 Å². The molecule has 0 aromatic heterocycles. The highest BCUT2D eigenvalue weighted by atomic mass is 32.2. The van der Waals surface area contributed by atoms with Crippen molar-refractivity contribution in [3.63, 3.8) is 0 Å². The van der Waals surface area contributed by atoms with Crippen molar-refractivity contribution in [1.82, 2.24) is 9.21 Å². The lowest BCUT2D eigenvalue weighted by molar-refractivity contribution is 0.186. The summed E-state index contributed by atoms with van der Waals surface area (Å²) < 4.78 is 24.0. The lowest BCUT2D eigenvalue weighted by Crippen LogP contribution is -2.48. The zero-order valence-corrected chi connectivity index (χ0v) is 10.2. The smallest absolute Gasteiger partial charge is 0.211 e. The minimum Gasteiger partial charge on any atom is -0.330 e. The summed E-state index contributed by atoms with van der Waals surface area (Å²) in [5, 5.41) is 0. The molecule has 1 saturated heterocycles. The number of sulfonamides is 1. The van der Waals surface area contributed by atoms with Gasteiger partial charge in [0.2, 0.25) is 10.0 Å². The van der Waals surface area contributed by atoms with Gasteiger partial charge in [0.05, 0.1) is 6.26 Å². The lowest BCUT2D eigenvalue weighted by Gasteiger charge is -2.33. The van der Waals surface area contributed by atoms with Crippen molar-refractivity contribution >= 4 is 10.0 Å². The molecule has 0 bridgehead atoms. The molecule has 0 atom stereocenters. The molecule has 90 valence electrons. The van der Waals surface area contributed by atoms with E-state index in [0.717, 1.165) is 39.0 Å². The summed E-state index contributed by atoms with van der Waals surface area (Å²) in [6.45, 7) is 4.72. The van der Waals surface area contributed by atoms with Crippen LogP contribution in [0.4, 0.5) is 0 Å². The van der Waals surface area contributed by atoms with Crippen LogP contribution in [0.25, 0.3) is 0 Å². The molecule has 0 aliphatic carbocycles. The maximum atomic E-state index is 11.2. The Labute approximate surface area is 92.3 Å². The van der Waals surface area contributed by atoms with Crippen molar-refractivity contribution in [3.8, 4) is 0 Å². The molecule has 0 spiro atoms. The summed E-state index contributed by atoms with van der Waals surface area (Å²) in [6.07, 6.45) is 3.43. The van der Waals surface area contributed by atoms with Gasteiger partial charge in [-0.25, -0.2) is 8.42 Å². The predicted octanol–water partition coefficient (Wildman–Crippen LogP) is -0.697.